The topological polar surface area (TPSA) is 59.9 Å². The fourth-order valence-electron chi connectivity index (χ4n) is 4.81. The molecule has 9 heteroatoms. The van der Waals surface area contributed by atoms with Crippen molar-refractivity contribution in [1.82, 2.24) is 5.32 Å². The van der Waals surface area contributed by atoms with Crippen molar-refractivity contribution >= 4 is 23.3 Å². The molecule has 1 spiro atoms. The van der Waals surface area contributed by atoms with Gasteiger partial charge in [-0.15, -0.1) is 11.8 Å². The molecule has 0 amide bonds. The van der Waals surface area contributed by atoms with Crippen LogP contribution >= 0.6 is 11.8 Å². The number of carbonyl (C=O) groups excluding carboxylic acids is 1. The molecule has 1 aromatic rings. The van der Waals surface area contributed by atoms with Gasteiger partial charge in [-0.05, 0) is 24.5 Å². The van der Waals surface area contributed by atoms with Crippen molar-refractivity contribution in [3.05, 3.63) is 47.3 Å². The van der Waals surface area contributed by atoms with Gasteiger partial charge in [0, 0.05) is 17.2 Å². The van der Waals surface area contributed by atoms with E-state index in [1.165, 1.54) is 0 Å². The Morgan fingerprint density at radius 3 is 2.96 bits per heavy atom. The molecular weight excluding hydrogens is 393 g/mol. The Morgan fingerprint density at radius 1 is 1.36 bits per heavy atom. The lowest BCUT2D eigenvalue weighted by atomic mass is 9.81. The Hall–Kier alpha value is -1.84. The molecule has 6 unspecified atom stereocenters. The zero-order valence-electron chi connectivity index (χ0n) is 14.6. The molecule has 6 atom stereocenters. The summed E-state index contributed by atoms with van der Waals surface area (Å²) in [5.41, 5.74) is 0.813. The van der Waals surface area contributed by atoms with E-state index in [0.29, 0.717) is 17.2 Å². The van der Waals surface area contributed by atoms with E-state index >= 15 is 0 Å². The van der Waals surface area contributed by atoms with Gasteiger partial charge in [0.2, 0.25) is 0 Å². The number of halogens is 3. The first-order chi connectivity index (χ1) is 13.5. The van der Waals surface area contributed by atoms with Crippen LogP contribution in [-0.4, -0.2) is 47.8 Å². The van der Waals surface area contributed by atoms with Crippen LogP contribution < -0.4 is 5.32 Å². The minimum atomic E-state index is -1.69. The highest BCUT2D eigenvalue weighted by Gasteiger charge is 2.62. The van der Waals surface area contributed by atoms with Crippen LogP contribution in [0.15, 0.2) is 29.3 Å². The molecule has 1 saturated carbocycles. The standard InChI is InChI=1S/C19H17F3N2O3S/c20-11-2-1-10(15(21)16(11)22)18(25)26-7-13-24-17-9-3-4-19(5-9,27-13)14(17)12-6-23-8-28-12/h1-4,8-9,12-14,17,24H,5-7H2. The second-order valence-electron chi connectivity index (χ2n) is 7.47. The third kappa shape index (κ3) is 2.71. The van der Waals surface area contributed by atoms with Crippen molar-refractivity contribution in [2.45, 2.75) is 29.5 Å². The highest BCUT2D eigenvalue weighted by atomic mass is 32.2. The number of nitrogens with one attached hydrogen (secondary N) is 1. The average Bonchev–Trinajstić information content (AvgIpc) is 3.37. The van der Waals surface area contributed by atoms with E-state index < -0.39 is 40.8 Å². The number of fused-ring (bicyclic) bond motifs is 3. The van der Waals surface area contributed by atoms with Crippen molar-refractivity contribution in [3.63, 3.8) is 0 Å². The lowest BCUT2D eigenvalue weighted by Gasteiger charge is -2.47. The van der Waals surface area contributed by atoms with Crippen LogP contribution in [0.1, 0.15) is 16.8 Å². The summed E-state index contributed by atoms with van der Waals surface area (Å²) < 4.78 is 51.5. The summed E-state index contributed by atoms with van der Waals surface area (Å²) in [5.74, 6) is -5.05. The molecule has 28 heavy (non-hydrogen) atoms. The molecule has 2 heterocycles. The Bertz CT molecular complexity index is 887. The first-order valence-corrected chi connectivity index (χ1v) is 10.0. The van der Waals surface area contributed by atoms with E-state index in [2.05, 4.69) is 22.5 Å². The summed E-state index contributed by atoms with van der Waals surface area (Å²) >= 11 is 1.71. The number of rotatable bonds is 4. The Labute approximate surface area is 163 Å². The second-order valence-corrected chi connectivity index (χ2v) is 8.56. The molecule has 148 valence electrons. The minimum absolute atomic E-state index is 0.156. The highest BCUT2D eigenvalue weighted by molar-refractivity contribution is 8.12. The van der Waals surface area contributed by atoms with Crippen LogP contribution in [0.5, 0.6) is 0 Å². The molecule has 5 rings (SSSR count). The van der Waals surface area contributed by atoms with Crippen molar-refractivity contribution in [3.8, 4) is 0 Å². The first-order valence-electron chi connectivity index (χ1n) is 9.06. The first kappa shape index (κ1) is 18.2. The number of hydrogen-bond donors (Lipinski definition) is 1. The molecular formula is C19H17F3N2O3S. The third-order valence-corrected chi connectivity index (χ3v) is 7.01. The van der Waals surface area contributed by atoms with Crippen molar-refractivity contribution in [1.29, 1.82) is 0 Å². The third-order valence-electron chi connectivity index (χ3n) is 5.95. The molecule has 3 bridgehead atoms. The fourth-order valence-corrected chi connectivity index (χ4v) is 5.88. The lowest BCUT2D eigenvalue weighted by molar-refractivity contribution is -0.147. The van der Waals surface area contributed by atoms with Gasteiger partial charge in [0.1, 0.15) is 12.8 Å². The van der Waals surface area contributed by atoms with Crippen LogP contribution in [0.4, 0.5) is 13.2 Å². The van der Waals surface area contributed by atoms with Gasteiger partial charge in [0.25, 0.3) is 0 Å². The van der Waals surface area contributed by atoms with Crippen LogP contribution in [0.2, 0.25) is 0 Å². The number of aliphatic imine (C=N–C) groups is 1. The monoisotopic (exact) mass is 410 g/mol. The molecule has 2 aliphatic heterocycles. The highest BCUT2D eigenvalue weighted by Crippen LogP contribution is 2.55. The van der Waals surface area contributed by atoms with Gasteiger partial charge in [0.15, 0.2) is 17.5 Å². The van der Waals surface area contributed by atoms with Crippen LogP contribution in [-0.2, 0) is 9.47 Å². The Balaban J connectivity index is 1.27. The Morgan fingerprint density at radius 2 is 2.21 bits per heavy atom. The molecule has 2 aliphatic carbocycles. The maximum absolute atomic E-state index is 13.8. The minimum Gasteiger partial charge on any atom is -0.458 e. The van der Waals surface area contributed by atoms with Crippen molar-refractivity contribution in [2.75, 3.05) is 13.2 Å². The number of esters is 1. The van der Waals surface area contributed by atoms with Crippen LogP contribution in [0.3, 0.4) is 0 Å². The van der Waals surface area contributed by atoms with Gasteiger partial charge in [-0.2, -0.15) is 0 Å². The molecule has 5 nitrogen and oxygen atoms in total. The second kappa shape index (κ2) is 6.60. The van der Waals surface area contributed by atoms with Gasteiger partial charge in [-0.25, -0.2) is 18.0 Å². The van der Waals surface area contributed by atoms with E-state index in [1.807, 2.05) is 5.55 Å². The number of nitrogens with zero attached hydrogens (tertiary/aromatic N) is 1. The van der Waals surface area contributed by atoms with Gasteiger partial charge < -0.3 is 9.47 Å². The van der Waals surface area contributed by atoms with Crippen molar-refractivity contribution in [2.24, 2.45) is 16.8 Å². The number of hydrogen-bond acceptors (Lipinski definition) is 6. The molecule has 0 aromatic heterocycles. The zero-order valence-corrected chi connectivity index (χ0v) is 15.4. The average molecular weight is 410 g/mol. The summed E-state index contributed by atoms with van der Waals surface area (Å²) in [5, 5.41) is 3.73. The number of benzene rings is 1. The molecule has 2 fully saturated rings. The quantitative estimate of drug-likeness (QED) is 0.470. The van der Waals surface area contributed by atoms with E-state index in [9.17, 15) is 18.0 Å². The molecule has 0 radical (unpaired) electrons. The van der Waals surface area contributed by atoms with Gasteiger partial charge in [-0.3, -0.25) is 10.3 Å². The summed E-state index contributed by atoms with van der Waals surface area (Å²) in [4.78, 5) is 16.4. The normalized spacial score (nSPS) is 37.6. The lowest BCUT2D eigenvalue weighted by Crippen LogP contribution is -2.62. The maximum Gasteiger partial charge on any atom is 0.341 e. The smallest absolute Gasteiger partial charge is 0.341 e. The predicted molar refractivity (Wildman–Crippen MR) is 96.6 cm³/mol. The van der Waals surface area contributed by atoms with E-state index in [-0.39, 0.29) is 18.6 Å². The molecule has 4 aliphatic rings. The summed E-state index contributed by atoms with van der Waals surface area (Å²) in [6.07, 6.45) is 4.57. The summed E-state index contributed by atoms with van der Waals surface area (Å²) in [7, 11) is 0. The number of carbonyl (C=O) groups is 1. The SMILES string of the molecule is O=C(OCC1NC2C3C=CC(C3)(O1)C2C1CN=CS1)c1ccc(F)c(F)c1F. The van der Waals surface area contributed by atoms with E-state index in [0.717, 1.165) is 19.0 Å². The molecule has 1 N–H and O–H groups in total. The van der Waals surface area contributed by atoms with Crippen LogP contribution in [0.25, 0.3) is 0 Å². The van der Waals surface area contributed by atoms with Gasteiger partial charge >= 0.3 is 5.97 Å². The fraction of sp³-hybridized carbons (Fsp3) is 0.474. The largest absolute Gasteiger partial charge is 0.458 e. The van der Waals surface area contributed by atoms with Crippen LogP contribution in [0, 0.1) is 29.3 Å². The molecule has 1 saturated heterocycles. The number of thioether (sulfide) groups is 1. The summed E-state index contributed by atoms with van der Waals surface area (Å²) in [6.45, 7) is 0.603. The number of ether oxygens (including phenoxy) is 2. The van der Waals surface area contributed by atoms with E-state index in [1.54, 1.807) is 11.8 Å². The predicted octanol–water partition coefficient (Wildman–Crippen LogP) is 2.66. The van der Waals surface area contributed by atoms with E-state index in [4.69, 9.17) is 9.47 Å². The Kier molecular flexibility index (Phi) is 4.29. The maximum atomic E-state index is 13.8. The van der Waals surface area contributed by atoms with Gasteiger partial charge in [0.05, 0.1) is 23.3 Å². The van der Waals surface area contributed by atoms with Crippen molar-refractivity contribution < 1.29 is 27.4 Å². The van der Waals surface area contributed by atoms with Gasteiger partial charge in [-0.1, -0.05) is 12.2 Å². The molecule has 1 aromatic carbocycles. The zero-order chi connectivity index (χ0) is 19.5. The summed E-state index contributed by atoms with van der Waals surface area (Å²) in [6, 6.07) is 1.74.